The molecule has 0 saturated carbocycles. The van der Waals surface area contributed by atoms with Crippen LogP contribution in [0.3, 0.4) is 0 Å². The molecule has 3 aromatic rings. The van der Waals surface area contributed by atoms with Gasteiger partial charge in [-0.25, -0.2) is 9.37 Å². The molecular weight excluding hydrogens is 219 g/mol. The summed E-state index contributed by atoms with van der Waals surface area (Å²) in [5.74, 6) is 0.962. The first-order valence-electron chi connectivity index (χ1n) is 5.36. The van der Waals surface area contributed by atoms with Gasteiger partial charge in [-0.3, -0.25) is 0 Å². The van der Waals surface area contributed by atoms with Crippen molar-refractivity contribution in [2.45, 2.75) is 13.8 Å². The number of halogens is 1. The number of aryl methyl sites for hydroxylation is 2. The third-order valence-corrected chi connectivity index (χ3v) is 2.78. The van der Waals surface area contributed by atoms with Gasteiger partial charge in [-0.05, 0) is 25.1 Å². The first-order valence-corrected chi connectivity index (χ1v) is 5.36. The molecule has 0 radical (unpaired) electrons. The molecule has 3 rings (SSSR count). The zero-order valence-corrected chi connectivity index (χ0v) is 9.57. The van der Waals surface area contributed by atoms with E-state index in [1.165, 1.54) is 6.07 Å². The molecule has 3 heterocycles. The summed E-state index contributed by atoms with van der Waals surface area (Å²) < 4.78 is 21.1. The molecule has 0 aliphatic carbocycles. The van der Waals surface area contributed by atoms with Gasteiger partial charge in [0.05, 0.1) is 11.2 Å². The minimum Gasteiger partial charge on any atom is -0.441 e. The Labute approximate surface area is 97.5 Å². The van der Waals surface area contributed by atoms with E-state index in [1.807, 2.05) is 19.2 Å². The molecule has 3 aromatic heterocycles. The minimum absolute atomic E-state index is 0.263. The third kappa shape index (κ3) is 1.45. The lowest BCUT2D eigenvalue weighted by Crippen LogP contribution is -1.87. The predicted molar refractivity (Wildman–Crippen MR) is 62.3 cm³/mol. The monoisotopic (exact) mass is 230 g/mol. The number of aromatic nitrogens is 2. The second kappa shape index (κ2) is 3.45. The molecule has 0 spiro atoms. The van der Waals surface area contributed by atoms with Gasteiger partial charge in [0, 0.05) is 24.9 Å². The molecule has 17 heavy (non-hydrogen) atoms. The quantitative estimate of drug-likeness (QED) is 0.641. The van der Waals surface area contributed by atoms with Crippen LogP contribution in [0.2, 0.25) is 0 Å². The minimum atomic E-state index is -0.263. The fraction of sp³-hybridized carbons (Fsp3) is 0.154. The van der Waals surface area contributed by atoms with Gasteiger partial charge in [-0.1, -0.05) is 0 Å². The molecule has 0 saturated heterocycles. The Hall–Kier alpha value is -2.10. The maximum Gasteiger partial charge on any atom is 0.192 e. The lowest BCUT2D eigenvalue weighted by atomic mass is 10.2. The van der Waals surface area contributed by atoms with Crippen LogP contribution >= 0.6 is 0 Å². The highest BCUT2D eigenvalue weighted by Gasteiger charge is 2.15. The van der Waals surface area contributed by atoms with E-state index in [0.29, 0.717) is 17.2 Å². The molecule has 0 aliphatic rings. The van der Waals surface area contributed by atoms with Crippen molar-refractivity contribution in [1.29, 1.82) is 0 Å². The van der Waals surface area contributed by atoms with Gasteiger partial charge in [-0.15, -0.1) is 0 Å². The van der Waals surface area contributed by atoms with E-state index in [2.05, 4.69) is 4.98 Å². The molecule has 0 bridgehead atoms. The van der Waals surface area contributed by atoms with Crippen LogP contribution in [0.5, 0.6) is 0 Å². The largest absolute Gasteiger partial charge is 0.441 e. The fourth-order valence-electron chi connectivity index (χ4n) is 2.09. The van der Waals surface area contributed by atoms with Crippen molar-refractivity contribution in [1.82, 2.24) is 9.38 Å². The first kappa shape index (κ1) is 10.1. The van der Waals surface area contributed by atoms with Gasteiger partial charge >= 0.3 is 0 Å². The average molecular weight is 230 g/mol. The summed E-state index contributed by atoms with van der Waals surface area (Å²) in [5.41, 5.74) is 2.03. The normalized spacial score (nSPS) is 11.2. The zero-order valence-electron chi connectivity index (χ0n) is 9.57. The number of pyridine rings is 1. The Kier molecular flexibility index (Phi) is 2.04. The highest BCUT2D eigenvalue weighted by Crippen LogP contribution is 2.30. The number of hydrogen-bond donors (Lipinski definition) is 0. The first-order chi connectivity index (χ1) is 8.16. The van der Waals surface area contributed by atoms with Crippen LogP contribution in [0.4, 0.5) is 4.39 Å². The Balaban J connectivity index is 2.35. The summed E-state index contributed by atoms with van der Waals surface area (Å²) >= 11 is 0. The molecule has 0 unspecified atom stereocenters. The van der Waals surface area contributed by atoms with Gasteiger partial charge in [0.2, 0.25) is 0 Å². The van der Waals surface area contributed by atoms with Crippen molar-refractivity contribution >= 4 is 5.52 Å². The van der Waals surface area contributed by atoms with Crippen molar-refractivity contribution < 1.29 is 8.81 Å². The summed E-state index contributed by atoms with van der Waals surface area (Å²) in [5, 5.41) is 0. The van der Waals surface area contributed by atoms with Crippen LogP contribution in [-0.4, -0.2) is 9.38 Å². The molecule has 0 aliphatic heterocycles. The van der Waals surface area contributed by atoms with Gasteiger partial charge in [-0.2, -0.15) is 0 Å². The summed E-state index contributed by atoms with van der Waals surface area (Å²) in [7, 11) is 0. The van der Waals surface area contributed by atoms with E-state index in [-0.39, 0.29) is 5.82 Å². The van der Waals surface area contributed by atoms with E-state index in [1.54, 1.807) is 23.6 Å². The van der Waals surface area contributed by atoms with Crippen molar-refractivity contribution in [2.75, 3.05) is 0 Å². The fourth-order valence-corrected chi connectivity index (χ4v) is 2.09. The van der Waals surface area contributed by atoms with Crippen molar-refractivity contribution in [2.24, 2.45) is 0 Å². The molecule has 0 aromatic carbocycles. The molecule has 3 nitrogen and oxygen atoms in total. The summed E-state index contributed by atoms with van der Waals surface area (Å²) in [6.07, 6.45) is 3.62. The molecule has 0 N–H and O–H groups in total. The van der Waals surface area contributed by atoms with E-state index < -0.39 is 0 Å². The standard InChI is InChI=1S/C13H11FN2O/c1-8-13(17-9(2)15-8)10-5-7-16-6-3-4-11(14)12(10)16/h3-7H,1-2H3. The van der Waals surface area contributed by atoms with Crippen LogP contribution in [0, 0.1) is 19.7 Å². The maximum absolute atomic E-state index is 13.8. The highest BCUT2D eigenvalue weighted by molar-refractivity contribution is 5.79. The lowest BCUT2D eigenvalue weighted by molar-refractivity contribution is 0.534. The van der Waals surface area contributed by atoms with Gasteiger partial charge in [0.25, 0.3) is 0 Å². The number of oxazole rings is 1. The zero-order chi connectivity index (χ0) is 12.0. The van der Waals surface area contributed by atoms with E-state index in [0.717, 1.165) is 11.3 Å². The second-order valence-corrected chi connectivity index (χ2v) is 3.99. The number of fused-ring (bicyclic) bond motifs is 1. The maximum atomic E-state index is 13.8. The smallest absolute Gasteiger partial charge is 0.192 e. The van der Waals surface area contributed by atoms with Gasteiger partial charge < -0.3 is 8.82 Å². The topological polar surface area (TPSA) is 30.4 Å². The van der Waals surface area contributed by atoms with E-state index in [9.17, 15) is 4.39 Å². The summed E-state index contributed by atoms with van der Waals surface area (Å²) in [6, 6.07) is 4.95. The Morgan fingerprint density at radius 3 is 2.76 bits per heavy atom. The van der Waals surface area contributed by atoms with Crippen LogP contribution in [0.15, 0.2) is 35.0 Å². The van der Waals surface area contributed by atoms with Crippen molar-refractivity contribution in [3.05, 3.63) is 48.0 Å². The van der Waals surface area contributed by atoms with Gasteiger partial charge in [0.1, 0.15) is 5.82 Å². The number of hydrogen-bond acceptors (Lipinski definition) is 2. The van der Waals surface area contributed by atoms with Crippen molar-refractivity contribution in [3.63, 3.8) is 0 Å². The van der Waals surface area contributed by atoms with Crippen LogP contribution in [0.25, 0.3) is 16.8 Å². The second-order valence-electron chi connectivity index (χ2n) is 3.99. The average Bonchev–Trinajstić information content (AvgIpc) is 2.83. The third-order valence-electron chi connectivity index (χ3n) is 2.78. The Bertz CT molecular complexity index is 697. The Morgan fingerprint density at radius 1 is 1.24 bits per heavy atom. The van der Waals surface area contributed by atoms with Crippen molar-refractivity contribution in [3.8, 4) is 11.3 Å². The lowest BCUT2D eigenvalue weighted by Gasteiger charge is -1.99. The van der Waals surface area contributed by atoms with Crippen LogP contribution < -0.4 is 0 Å². The number of rotatable bonds is 1. The molecule has 4 heteroatoms. The van der Waals surface area contributed by atoms with Gasteiger partial charge in [0.15, 0.2) is 11.7 Å². The highest BCUT2D eigenvalue weighted by atomic mass is 19.1. The molecule has 0 amide bonds. The molecular formula is C13H11FN2O. The summed E-state index contributed by atoms with van der Waals surface area (Å²) in [4.78, 5) is 4.21. The predicted octanol–water partition coefficient (Wildman–Crippen LogP) is 3.35. The Morgan fingerprint density at radius 2 is 2.06 bits per heavy atom. The molecule has 0 atom stereocenters. The summed E-state index contributed by atoms with van der Waals surface area (Å²) in [6.45, 7) is 3.64. The number of nitrogens with zero attached hydrogens (tertiary/aromatic N) is 2. The van der Waals surface area contributed by atoms with Crippen LogP contribution in [0.1, 0.15) is 11.6 Å². The van der Waals surface area contributed by atoms with E-state index in [4.69, 9.17) is 4.42 Å². The van der Waals surface area contributed by atoms with Crippen LogP contribution in [-0.2, 0) is 0 Å². The SMILES string of the molecule is Cc1nc(C)c(-c2ccn3cccc(F)c23)o1. The van der Waals surface area contributed by atoms with E-state index >= 15 is 0 Å². The molecule has 86 valence electrons. The molecule has 0 fully saturated rings.